The second kappa shape index (κ2) is 35.1. The topological polar surface area (TPSA) is 66.8 Å². The monoisotopic (exact) mass is 579 g/mol. The predicted octanol–water partition coefficient (Wildman–Crippen LogP) is 10.9. The Kier molecular flexibility index (Phi) is 34.1. The molecule has 0 heterocycles. The zero-order valence-electron chi connectivity index (χ0n) is 27.3. The van der Waals surface area contributed by atoms with Crippen LogP contribution in [0.25, 0.3) is 0 Å². The first-order valence-corrected chi connectivity index (χ1v) is 18.0. The Hall–Kier alpha value is -1.13. The van der Waals surface area contributed by atoms with Gasteiger partial charge >= 0.3 is 5.97 Å². The van der Waals surface area contributed by atoms with Gasteiger partial charge in [-0.2, -0.15) is 0 Å². The summed E-state index contributed by atoms with van der Waals surface area (Å²) >= 11 is 0. The molecular weight excluding hydrogens is 508 g/mol. The van der Waals surface area contributed by atoms with Gasteiger partial charge in [-0.05, 0) is 32.1 Å². The lowest BCUT2D eigenvalue weighted by Gasteiger charge is -2.12. The molecule has 0 bridgehead atoms. The minimum atomic E-state index is -0.766. The van der Waals surface area contributed by atoms with Gasteiger partial charge in [-0.25, -0.2) is 0 Å². The standard InChI is InChI=1S/C37H70O4/c1-2-3-4-5-6-7-8-9-10-11-12-13-14-15-16-17-18-19-20-21-22-23-24-25-26-27-28-29-30-31-32-33-37(40)41-36(34-38)35-39/h9-12,36,38-39H,2-8,13-35H2,1H3/b10-9+,12-11+. The number of carbonyl (C=O) groups is 1. The zero-order chi connectivity index (χ0) is 29.9. The second-order valence-electron chi connectivity index (χ2n) is 12.1. The van der Waals surface area contributed by atoms with Crippen LogP contribution in [0.3, 0.4) is 0 Å². The van der Waals surface area contributed by atoms with Crippen LogP contribution in [-0.2, 0) is 9.53 Å². The number of aliphatic hydroxyl groups excluding tert-OH is 2. The molecule has 0 atom stereocenters. The van der Waals surface area contributed by atoms with Gasteiger partial charge in [0.2, 0.25) is 0 Å². The van der Waals surface area contributed by atoms with E-state index in [2.05, 4.69) is 31.2 Å². The van der Waals surface area contributed by atoms with Crippen LogP contribution in [0.5, 0.6) is 0 Å². The molecule has 0 saturated carbocycles. The number of ether oxygens (including phenoxy) is 1. The molecule has 0 radical (unpaired) electrons. The van der Waals surface area contributed by atoms with Gasteiger partial charge < -0.3 is 14.9 Å². The van der Waals surface area contributed by atoms with Crippen molar-refractivity contribution in [1.82, 2.24) is 0 Å². The quantitative estimate of drug-likeness (QED) is 0.0462. The van der Waals surface area contributed by atoms with Crippen LogP contribution in [0.1, 0.15) is 187 Å². The molecule has 0 aromatic heterocycles. The minimum absolute atomic E-state index is 0.315. The maximum atomic E-state index is 11.6. The lowest BCUT2D eigenvalue weighted by molar-refractivity contribution is -0.153. The van der Waals surface area contributed by atoms with Crippen LogP contribution in [0.15, 0.2) is 24.3 Å². The van der Waals surface area contributed by atoms with Crippen molar-refractivity contribution in [1.29, 1.82) is 0 Å². The summed E-state index contributed by atoms with van der Waals surface area (Å²) in [4.78, 5) is 11.6. The molecule has 0 unspecified atom stereocenters. The van der Waals surface area contributed by atoms with Gasteiger partial charge in [-0.15, -0.1) is 0 Å². The smallest absolute Gasteiger partial charge is 0.306 e. The van der Waals surface area contributed by atoms with E-state index in [1.807, 2.05) is 0 Å². The summed E-state index contributed by atoms with van der Waals surface area (Å²) in [5.41, 5.74) is 0. The highest BCUT2D eigenvalue weighted by Crippen LogP contribution is 2.15. The van der Waals surface area contributed by atoms with Gasteiger partial charge in [0.05, 0.1) is 13.2 Å². The van der Waals surface area contributed by atoms with E-state index >= 15 is 0 Å². The lowest BCUT2D eigenvalue weighted by atomic mass is 10.0. The van der Waals surface area contributed by atoms with Crippen LogP contribution < -0.4 is 0 Å². The molecule has 0 amide bonds. The zero-order valence-corrected chi connectivity index (χ0v) is 27.3. The van der Waals surface area contributed by atoms with Crippen molar-refractivity contribution in [3.8, 4) is 0 Å². The minimum Gasteiger partial charge on any atom is -0.457 e. The van der Waals surface area contributed by atoms with E-state index < -0.39 is 6.10 Å². The molecule has 0 aliphatic rings. The van der Waals surface area contributed by atoms with E-state index in [0.717, 1.165) is 12.8 Å². The van der Waals surface area contributed by atoms with E-state index in [1.165, 1.54) is 161 Å². The lowest BCUT2D eigenvalue weighted by Crippen LogP contribution is -2.25. The number of aliphatic hydroxyl groups is 2. The molecule has 242 valence electrons. The number of rotatable bonds is 33. The summed E-state index contributed by atoms with van der Waals surface area (Å²) in [7, 11) is 0. The molecule has 0 aliphatic heterocycles. The van der Waals surface area contributed by atoms with Crippen LogP contribution in [-0.4, -0.2) is 35.5 Å². The van der Waals surface area contributed by atoms with Gasteiger partial charge in [-0.1, -0.05) is 172 Å². The Balaban J connectivity index is 3.19. The summed E-state index contributed by atoms with van der Waals surface area (Å²) in [6.45, 7) is 1.64. The summed E-state index contributed by atoms with van der Waals surface area (Å²) in [5, 5.41) is 17.8. The molecule has 0 spiro atoms. The first kappa shape index (κ1) is 39.9. The molecular formula is C37H70O4. The molecule has 0 rings (SSSR count). The highest BCUT2D eigenvalue weighted by Gasteiger charge is 2.11. The SMILES string of the molecule is CCCCCCCC/C=C/C=C/CCCCCCCCCCCCCCCCCCCCCC(=O)OC(CO)CO. The molecule has 4 nitrogen and oxygen atoms in total. The fraction of sp³-hybridized carbons (Fsp3) is 0.865. The highest BCUT2D eigenvalue weighted by molar-refractivity contribution is 5.69. The third kappa shape index (κ3) is 33.2. The second-order valence-corrected chi connectivity index (χ2v) is 12.1. The molecule has 4 heteroatoms. The van der Waals surface area contributed by atoms with E-state index in [1.54, 1.807) is 0 Å². The van der Waals surface area contributed by atoms with Gasteiger partial charge in [-0.3, -0.25) is 4.79 Å². The Morgan fingerprint density at radius 3 is 1.17 bits per heavy atom. The average Bonchev–Trinajstić information content (AvgIpc) is 2.98. The van der Waals surface area contributed by atoms with Crippen molar-refractivity contribution in [3.05, 3.63) is 24.3 Å². The van der Waals surface area contributed by atoms with E-state index in [9.17, 15) is 4.79 Å². The average molecular weight is 579 g/mol. The predicted molar refractivity (Wildman–Crippen MR) is 177 cm³/mol. The normalized spacial score (nSPS) is 11.9. The van der Waals surface area contributed by atoms with Crippen molar-refractivity contribution < 1.29 is 19.7 Å². The number of hydrogen-bond acceptors (Lipinski definition) is 4. The van der Waals surface area contributed by atoms with E-state index in [0.29, 0.717) is 6.42 Å². The highest BCUT2D eigenvalue weighted by atomic mass is 16.6. The number of esters is 1. The van der Waals surface area contributed by atoms with Crippen LogP contribution in [0.4, 0.5) is 0 Å². The Morgan fingerprint density at radius 2 is 0.829 bits per heavy atom. The van der Waals surface area contributed by atoms with Crippen LogP contribution in [0, 0.1) is 0 Å². The summed E-state index contributed by atoms with van der Waals surface area (Å²) in [6, 6.07) is 0. The van der Waals surface area contributed by atoms with Crippen LogP contribution >= 0.6 is 0 Å². The third-order valence-electron chi connectivity index (χ3n) is 8.06. The molecule has 0 fully saturated rings. The van der Waals surface area contributed by atoms with Gasteiger partial charge in [0.15, 0.2) is 0 Å². The van der Waals surface area contributed by atoms with Gasteiger partial charge in [0.25, 0.3) is 0 Å². The Labute approximate surface area is 255 Å². The molecule has 0 aliphatic carbocycles. The van der Waals surface area contributed by atoms with Gasteiger partial charge in [0.1, 0.15) is 6.10 Å². The van der Waals surface area contributed by atoms with Crippen LogP contribution in [0.2, 0.25) is 0 Å². The molecule has 2 N–H and O–H groups in total. The molecule has 0 aromatic carbocycles. The Bertz CT molecular complexity index is 567. The molecule has 0 aromatic rings. The van der Waals surface area contributed by atoms with Crippen molar-refractivity contribution in [2.24, 2.45) is 0 Å². The number of carbonyl (C=O) groups excluding carboxylic acids is 1. The number of hydrogen-bond donors (Lipinski definition) is 2. The first-order valence-electron chi connectivity index (χ1n) is 18.0. The van der Waals surface area contributed by atoms with Crippen molar-refractivity contribution in [3.63, 3.8) is 0 Å². The Morgan fingerprint density at radius 1 is 0.512 bits per heavy atom. The first-order chi connectivity index (χ1) is 20.2. The third-order valence-corrected chi connectivity index (χ3v) is 8.06. The fourth-order valence-corrected chi connectivity index (χ4v) is 5.31. The fourth-order valence-electron chi connectivity index (χ4n) is 5.31. The number of unbranched alkanes of at least 4 members (excludes halogenated alkanes) is 25. The van der Waals surface area contributed by atoms with Crippen molar-refractivity contribution in [2.45, 2.75) is 193 Å². The van der Waals surface area contributed by atoms with Gasteiger partial charge in [0, 0.05) is 6.42 Å². The van der Waals surface area contributed by atoms with Crippen molar-refractivity contribution in [2.75, 3.05) is 13.2 Å². The largest absolute Gasteiger partial charge is 0.457 e. The van der Waals surface area contributed by atoms with Crippen molar-refractivity contribution >= 4 is 5.97 Å². The van der Waals surface area contributed by atoms with E-state index in [4.69, 9.17) is 14.9 Å². The molecule has 0 saturated heterocycles. The summed E-state index contributed by atoms with van der Waals surface area (Å²) < 4.78 is 4.97. The maximum absolute atomic E-state index is 11.6. The number of allylic oxidation sites excluding steroid dienone is 4. The maximum Gasteiger partial charge on any atom is 0.306 e. The summed E-state index contributed by atoms with van der Waals surface area (Å²) in [6.07, 6.45) is 44.8. The molecule has 41 heavy (non-hydrogen) atoms. The summed E-state index contributed by atoms with van der Waals surface area (Å²) in [5.74, 6) is -0.315. The van der Waals surface area contributed by atoms with E-state index in [-0.39, 0.29) is 19.2 Å².